The number of likely N-dealkylation sites (tertiary alicyclic amines) is 1. The molecule has 3 aromatic rings. The molecule has 6 nitrogen and oxygen atoms in total. The summed E-state index contributed by atoms with van der Waals surface area (Å²) in [5, 5.41) is 3.97. The maximum absolute atomic E-state index is 13.4. The van der Waals surface area contributed by atoms with Crippen molar-refractivity contribution < 1.29 is 14.3 Å². The van der Waals surface area contributed by atoms with Gasteiger partial charge in [0.15, 0.2) is 0 Å². The number of benzene rings is 2. The molecule has 2 aromatic carbocycles. The van der Waals surface area contributed by atoms with Gasteiger partial charge in [-0.15, -0.1) is 11.3 Å². The fourth-order valence-corrected chi connectivity index (χ4v) is 5.31. The number of fused-ring (bicyclic) bond motifs is 1. The van der Waals surface area contributed by atoms with Gasteiger partial charge in [0.05, 0.1) is 35.8 Å². The molecule has 1 N–H and O–H groups in total. The lowest BCUT2D eigenvalue weighted by Crippen LogP contribution is -2.48. The van der Waals surface area contributed by atoms with E-state index in [2.05, 4.69) is 17.2 Å². The van der Waals surface area contributed by atoms with Crippen LogP contribution in [0.15, 0.2) is 48.5 Å². The van der Waals surface area contributed by atoms with Crippen LogP contribution in [0.1, 0.15) is 49.2 Å². The fourth-order valence-electron chi connectivity index (χ4n) is 4.40. The third-order valence-electron chi connectivity index (χ3n) is 6.01. The number of para-hydroxylation sites is 2. The Hall–Kier alpha value is -2.93. The summed E-state index contributed by atoms with van der Waals surface area (Å²) < 4.78 is 6.71. The number of nitrogens with zero attached hydrogens (tertiary/aromatic N) is 2. The summed E-state index contributed by atoms with van der Waals surface area (Å²) in [6, 6.07) is 15.3. The standard InChI is InChI=1S/C25H29N3O3S/c1-3-4-15-28-23(29)14-13-18(24(28)17-9-5-7-11-20(17)31-2)25(30)26-16-22-27-19-10-6-8-12-21(19)32-22/h5-12,18,24H,3-4,13-16H2,1-2H3,(H,26,30). The summed E-state index contributed by atoms with van der Waals surface area (Å²) in [7, 11) is 1.63. The van der Waals surface area contributed by atoms with Gasteiger partial charge in [-0.05, 0) is 31.0 Å². The maximum atomic E-state index is 13.4. The lowest BCUT2D eigenvalue weighted by atomic mass is 9.83. The van der Waals surface area contributed by atoms with Crippen LogP contribution in [0.2, 0.25) is 0 Å². The number of hydrogen-bond donors (Lipinski definition) is 1. The number of aromatic nitrogens is 1. The number of rotatable bonds is 8. The zero-order valence-electron chi connectivity index (χ0n) is 18.5. The summed E-state index contributed by atoms with van der Waals surface area (Å²) in [6.07, 6.45) is 2.79. The molecule has 2 atom stereocenters. The van der Waals surface area contributed by atoms with E-state index in [-0.39, 0.29) is 23.8 Å². The number of methoxy groups -OCH3 is 1. The molecule has 0 saturated carbocycles. The molecule has 7 heteroatoms. The lowest BCUT2D eigenvalue weighted by molar-refractivity contribution is -0.143. The lowest BCUT2D eigenvalue weighted by Gasteiger charge is -2.41. The third-order valence-corrected chi connectivity index (χ3v) is 7.04. The van der Waals surface area contributed by atoms with Crippen LogP contribution >= 0.6 is 11.3 Å². The second-order valence-electron chi connectivity index (χ2n) is 8.07. The molecule has 0 aliphatic carbocycles. The second-order valence-corrected chi connectivity index (χ2v) is 9.18. The van der Waals surface area contributed by atoms with E-state index >= 15 is 0 Å². The minimum absolute atomic E-state index is 0.0471. The Bertz CT molecular complexity index is 1060. The average molecular weight is 452 g/mol. The first-order chi connectivity index (χ1) is 15.6. The molecule has 1 aliphatic heterocycles. The normalized spacial score (nSPS) is 18.7. The minimum atomic E-state index is -0.339. The molecule has 2 heterocycles. The Labute approximate surface area is 192 Å². The maximum Gasteiger partial charge on any atom is 0.225 e. The van der Waals surface area contributed by atoms with E-state index in [4.69, 9.17) is 4.74 Å². The summed E-state index contributed by atoms with van der Waals surface area (Å²) in [5.41, 5.74) is 1.84. The summed E-state index contributed by atoms with van der Waals surface area (Å²) >= 11 is 1.59. The van der Waals surface area contributed by atoms with Gasteiger partial charge < -0.3 is 15.0 Å². The quantitative estimate of drug-likeness (QED) is 0.539. The predicted molar refractivity (Wildman–Crippen MR) is 127 cm³/mol. The summed E-state index contributed by atoms with van der Waals surface area (Å²) in [4.78, 5) is 32.8. The molecule has 32 heavy (non-hydrogen) atoms. The zero-order valence-corrected chi connectivity index (χ0v) is 19.4. The highest BCUT2D eigenvalue weighted by molar-refractivity contribution is 7.18. The van der Waals surface area contributed by atoms with E-state index in [0.29, 0.717) is 31.7 Å². The molecule has 2 amide bonds. The third kappa shape index (κ3) is 4.63. The molecule has 1 saturated heterocycles. The summed E-state index contributed by atoms with van der Waals surface area (Å²) in [5.74, 6) is 0.423. The van der Waals surface area contributed by atoms with Crippen LogP contribution in [0, 0.1) is 5.92 Å². The van der Waals surface area contributed by atoms with Gasteiger partial charge >= 0.3 is 0 Å². The minimum Gasteiger partial charge on any atom is -0.496 e. The number of ether oxygens (including phenoxy) is 1. The highest BCUT2D eigenvalue weighted by Gasteiger charge is 2.41. The number of hydrogen-bond acceptors (Lipinski definition) is 5. The molecule has 0 spiro atoms. The Balaban J connectivity index is 1.58. The molecule has 0 bridgehead atoms. The Morgan fingerprint density at radius 2 is 2.00 bits per heavy atom. The molecular weight excluding hydrogens is 422 g/mol. The van der Waals surface area contributed by atoms with E-state index in [0.717, 1.165) is 33.6 Å². The number of carbonyl (C=O) groups is 2. The van der Waals surface area contributed by atoms with Gasteiger partial charge in [0, 0.05) is 18.5 Å². The first kappa shape index (κ1) is 22.3. The highest BCUT2D eigenvalue weighted by atomic mass is 32.1. The molecule has 4 rings (SSSR count). The first-order valence-electron chi connectivity index (χ1n) is 11.2. The highest BCUT2D eigenvalue weighted by Crippen LogP contribution is 2.41. The van der Waals surface area contributed by atoms with Crippen molar-refractivity contribution in [3.8, 4) is 5.75 Å². The van der Waals surface area contributed by atoms with Crippen molar-refractivity contribution in [1.29, 1.82) is 0 Å². The molecule has 1 aromatic heterocycles. The van der Waals surface area contributed by atoms with Gasteiger partial charge in [-0.3, -0.25) is 9.59 Å². The van der Waals surface area contributed by atoms with Crippen molar-refractivity contribution in [2.24, 2.45) is 5.92 Å². The largest absolute Gasteiger partial charge is 0.496 e. The molecule has 1 aliphatic rings. The van der Waals surface area contributed by atoms with Gasteiger partial charge in [0.1, 0.15) is 10.8 Å². The van der Waals surface area contributed by atoms with Crippen LogP contribution < -0.4 is 10.1 Å². The van der Waals surface area contributed by atoms with Crippen molar-refractivity contribution in [2.75, 3.05) is 13.7 Å². The van der Waals surface area contributed by atoms with E-state index < -0.39 is 0 Å². The first-order valence-corrected chi connectivity index (χ1v) is 12.0. The van der Waals surface area contributed by atoms with E-state index in [9.17, 15) is 9.59 Å². The number of unbranched alkanes of at least 4 members (excludes halogenated alkanes) is 1. The van der Waals surface area contributed by atoms with Crippen molar-refractivity contribution in [1.82, 2.24) is 15.2 Å². The Morgan fingerprint density at radius 3 is 2.78 bits per heavy atom. The van der Waals surface area contributed by atoms with Crippen LogP contribution in [0.25, 0.3) is 10.2 Å². The van der Waals surface area contributed by atoms with E-state index in [1.165, 1.54) is 0 Å². The van der Waals surface area contributed by atoms with Gasteiger partial charge in [0.2, 0.25) is 11.8 Å². The number of piperidine rings is 1. The number of thiazole rings is 1. The van der Waals surface area contributed by atoms with Gasteiger partial charge in [0.25, 0.3) is 0 Å². The number of carbonyl (C=O) groups excluding carboxylic acids is 2. The SMILES string of the molecule is CCCCN1C(=O)CCC(C(=O)NCc2nc3ccccc3s2)C1c1ccccc1OC. The molecule has 0 radical (unpaired) electrons. The van der Waals surface area contributed by atoms with Crippen LogP contribution in [0.4, 0.5) is 0 Å². The predicted octanol–water partition coefficient (Wildman–Crippen LogP) is 4.70. The Morgan fingerprint density at radius 1 is 1.22 bits per heavy atom. The van der Waals surface area contributed by atoms with Crippen molar-refractivity contribution in [3.05, 3.63) is 59.1 Å². The zero-order chi connectivity index (χ0) is 22.5. The van der Waals surface area contributed by atoms with Crippen LogP contribution in [-0.4, -0.2) is 35.4 Å². The monoisotopic (exact) mass is 451 g/mol. The van der Waals surface area contributed by atoms with Gasteiger partial charge in [-0.1, -0.05) is 43.7 Å². The van der Waals surface area contributed by atoms with Crippen molar-refractivity contribution >= 4 is 33.4 Å². The Kier molecular flexibility index (Phi) is 7.05. The number of nitrogens with one attached hydrogen (secondary N) is 1. The fraction of sp³-hybridized carbons (Fsp3) is 0.400. The van der Waals surface area contributed by atoms with E-state index in [1.54, 1.807) is 18.4 Å². The molecule has 168 valence electrons. The molecular formula is C25H29N3O3S. The van der Waals surface area contributed by atoms with Gasteiger partial charge in [-0.2, -0.15) is 0 Å². The molecule has 1 fully saturated rings. The number of amides is 2. The van der Waals surface area contributed by atoms with Crippen LogP contribution in [-0.2, 0) is 16.1 Å². The van der Waals surface area contributed by atoms with Crippen LogP contribution in [0.3, 0.4) is 0 Å². The summed E-state index contributed by atoms with van der Waals surface area (Å²) in [6.45, 7) is 3.13. The van der Waals surface area contributed by atoms with E-state index in [1.807, 2.05) is 53.4 Å². The second kappa shape index (κ2) is 10.1. The van der Waals surface area contributed by atoms with Crippen molar-refractivity contribution in [2.45, 2.75) is 45.2 Å². The van der Waals surface area contributed by atoms with Gasteiger partial charge in [-0.25, -0.2) is 4.98 Å². The average Bonchev–Trinajstić information content (AvgIpc) is 3.24. The van der Waals surface area contributed by atoms with Crippen molar-refractivity contribution in [3.63, 3.8) is 0 Å². The molecule has 2 unspecified atom stereocenters. The van der Waals surface area contributed by atoms with Crippen LogP contribution in [0.5, 0.6) is 5.75 Å². The smallest absolute Gasteiger partial charge is 0.225 e. The topological polar surface area (TPSA) is 71.5 Å².